The van der Waals surface area contributed by atoms with Crippen molar-refractivity contribution < 1.29 is 14.6 Å². The first kappa shape index (κ1) is 12.2. The number of benzene rings is 2. The second kappa shape index (κ2) is 4.70. The molecule has 3 aromatic rings. The molecule has 100 valence electrons. The normalized spacial score (nSPS) is 10.7. The molecule has 1 aromatic heterocycles. The topological polar surface area (TPSA) is 75.2 Å². The lowest BCUT2D eigenvalue weighted by Gasteiger charge is -2.01. The van der Waals surface area contributed by atoms with E-state index in [2.05, 4.69) is 9.97 Å². The lowest BCUT2D eigenvalue weighted by molar-refractivity contribution is 0.0697. The zero-order valence-electron chi connectivity index (χ0n) is 10.8. The fraction of sp³-hybridized carbons (Fsp3) is 0.0667. The second-order valence-corrected chi connectivity index (χ2v) is 4.35. The average Bonchev–Trinajstić information content (AvgIpc) is 2.90. The minimum absolute atomic E-state index is 0.235. The Balaban J connectivity index is 2.10. The van der Waals surface area contributed by atoms with Crippen LogP contribution in [0.15, 0.2) is 42.5 Å². The Morgan fingerprint density at radius 1 is 1.25 bits per heavy atom. The Hall–Kier alpha value is -2.82. The number of methoxy groups -OCH3 is 1. The molecule has 2 aromatic carbocycles. The highest BCUT2D eigenvalue weighted by atomic mass is 16.5. The molecular formula is C15H12N2O3. The van der Waals surface area contributed by atoms with E-state index in [0.29, 0.717) is 11.3 Å². The van der Waals surface area contributed by atoms with Crippen molar-refractivity contribution in [2.45, 2.75) is 0 Å². The molecule has 0 saturated carbocycles. The molecule has 0 aliphatic heterocycles. The maximum atomic E-state index is 11.0. The van der Waals surface area contributed by atoms with Crippen molar-refractivity contribution in [3.8, 4) is 17.1 Å². The van der Waals surface area contributed by atoms with E-state index >= 15 is 0 Å². The molecule has 0 spiro atoms. The van der Waals surface area contributed by atoms with Gasteiger partial charge in [-0.05, 0) is 30.3 Å². The van der Waals surface area contributed by atoms with E-state index < -0.39 is 5.97 Å². The van der Waals surface area contributed by atoms with Gasteiger partial charge in [0.2, 0.25) is 0 Å². The van der Waals surface area contributed by atoms with E-state index in [9.17, 15) is 4.79 Å². The van der Waals surface area contributed by atoms with Crippen LogP contribution in [-0.4, -0.2) is 28.2 Å². The number of aromatic carboxylic acids is 1. The number of carboxylic acids is 1. The minimum Gasteiger partial charge on any atom is -0.497 e. The van der Waals surface area contributed by atoms with Crippen molar-refractivity contribution in [1.82, 2.24) is 9.97 Å². The SMILES string of the molecule is COc1cccc(-c2nc3ccc(C(=O)O)cc3[nH]2)c1. The zero-order chi connectivity index (χ0) is 14.1. The van der Waals surface area contributed by atoms with Gasteiger partial charge in [0.1, 0.15) is 11.6 Å². The van der Waals surface area contributed by atoms with Crippen molar-refractivity contribution >= 4 is 17.0 Å². The fourth-order valence-corrected chi connectivity index (χ4v) is 2.05. The molecule has 3 rings (SSSR count). The summed E-state index contributed by atoms with van der Waals surface area (Å²) in [5.41, 5.74) is 2.55. The molecule has 2 N–H and O–H groups in total. The number of nitrogens with zero attached hydrogens (tertiary/aromatic N) is 1. The van der Waals surface area contributed by atoms with Crippen LogP contribution in [0.4, 0.5) is 0 Å². The van der Waals surface area contributed by atoms with Crippen LogP contribution in [-0.2, 0) is 0 Å². The first-order valence-corrected chi connectivity index (χ1v) is 6.05. The summed E-state index contributed by atoms with van der Waals surface area (Å²) in [6.45, 7) is 0. The van der Waals surface area contributed by atoms with Crippen LogP contribution >= 0.6 is 0 Å². The number of carbonyl (C=O) groups is 1. The van der Waals surface area contributed by atoms with Crippen LogP contribution in [0, 0.1) is 0 Å². The lowest BCUT2D eigenvalue weighted by Crippen LogP contribution is -1.94. The molecule has 0 aliphatic rings. The number of imidazole rings is 1. The number of carboxylic acid groups (broad SMARTS) is 1. The molecule has 1 heterocycles. The quantitative estimate of drug-likeness (QED) is 0.765. The number of aromatic amines is 1. The van der Waals surface area contributed by atoms with Crippen molar-refractivity contribution in [2.75, 3.05) is 7.11 Å². The summed E-state index contributed by atoms with van der Waals surface area (Å²) < 4.78 is 5.18. The Labute approximate surface area is 114 Å². The predicted molar refractivity (Wildman–Crippen MR) is 75.0 cm³/mol. The number of fused-ring (bicyclic) bond motifs is 1. The maximum Gasteiger partial charge on any atom is 0.335 e. The molecule has 0 radical (unpaired) electrons. The standard InChI is InChI=1S/C15H12N2O3/c1-20-11-4-2-3-9(7-11)14-16-12-6-5-10(15(18)19)8-13(12)17-14/h2-8H,1H3,(H,16,17)(H,18,19). The predicted octanol–water partition coefficient (Wildman–Crippen LogP) is 2.94. The monoisotopic (exact) mass is 268 g/mol. The van der Waals surface area contributed by atoms with Gasteiger partial charge in [-0.15, -0.1) is 0 Å². The highest BCUT2D eigenvalue weighted by molar-refractivity contribution is 5.93. The highest BCUT2D eigenvalue weighted by Crippen LogP contribution is 2.24. The number of hydrogen-bond acceptors (Lipinski definition) is 3. The third-order valence-corrected chi connectivity index (χ3v) is 3.07. The summed E-state index contributed by atoms with van der Waals surface area (Å²) in [5.74, 6) is 0.472. The van der Waals surface area contributed by atoms with E-state index in [-0.39, 0.29) is 5.56 Å². The Bertz CT molecular complexity index is 793. The van der Waals surface area contributed by atoms with Crippen LogP contribution in [0.2, 0.25) is 0 Å². The van der Waals surface area contributed by atoms with Gasteiger partial charge >= 0.3 is 5.97 Å². The number of H-pyrrole nitrogens is 1. The molecule has 20 heavy (non-hydrogen) atoms. The van der Waals surface area contributed by atoms with Gasteiger partial charge < -0.3 is 14.8 Å². The molecular weight excluding hydrogens is 256 g/mol. The average molecular weight is 268 g/mol. The van der Waals surface area contributed by atoms with Crippen LogP contribution in [0.3, 0.4) is 0 Å². The van der Waals surface area contributed by atoms with Crippen molar-refractivity contribution in [3.05, 3.63) is 48.0 Å². The number of nitrogens with one attached hydrogen (secondary N) is 1. The fourth-order valence-electron chi connectivity index (χ4n) is 2.05. The minimum atomic E-state index is -0.954. The Kier molecular flexibility index (Phi) is 2.87. The first-order valence-electron chi connectivity index (χ1n) is 6.05. The maximum absolute atomic E-state index is 11.0. The molecule has 5 nitrogen and oxygen atoms in total. The van der Waals surface area contributed by atoms with Gasteiger partial charge in [-0.2, -0.15) is 0 Å². The number of aromatic nitrogens is 2. The lowest BCUT2D eigenvalue weighted by atomic mass is 10.2. The highest BCUT2D eigenvalue weighted by Gasteiger charge is 2.09. The Morgan fingerprint density at radius 2 is 2.10 bits per heavy atom. The third kappa shape index (κ3) is 2.09. The van der Waals surface area contributed by atoms with Gasteiger partial charge in [-0.1, -0.05) is 12.1 Å². The van der Waals surface area contributed by atoms with Gasteiger partial charge in [-0.3, -0.25) is 0 Å². The van der Waals surface area contributed by atoms with Crippen molar-refractivity contribution in [1.29, 1.82) is 0 Å². The largest absolute Gasteiger partial charge is 0.497 e. The molecule has 0 fully saturated rings. The summed E-state index contributed by atoms with van der Waals surface area (Å²) in [4.78, 5) is 18.5. The van der Waals surface area contributed by atoms with Gasteiger partial charge in [0.25, 0.3) is 0 Å². The van der Waals surface area contributed by atoms with Gasteiger partial charge in [0, 0.05) is 5.56 Å². The first-order chi connectivity index (χ1) is 9.67. The van der Waals surface area contributed by atoms with E-state index in [1.165, 1.54) is 0 Å². The van der Waals surface area contributed by atoms with Crippen LogP contribution in [0.1, 0.15) is 10.4 Å². The molecule has 0 saturated heterocycles. The van der Waals surface area contributed by atoms with Crippen LogP contribution in [0.25, 0.3) is 22.4 Å². The summed E-state index contributed by atoms with van der Waals surface area (Å²) in [5, 5.41) is 8.99. The molecule has 5 heteroatoms. The van der Waals surface area contributed by atoms with E-state index in [4.69, 9.17) is 9.84 Å². The Morgan fingerprint density at radius 3 is 2.85 bits per heavy atom. The van der Waals surface area contributed by atoms with Crippen molar-refractivity contribution in [2.24, 2.45) is 0 Å². The summed E-state index contributed by atoms with van der Waals surface area (Å²) in [6.07, 6.45) is 0. The summed E-state index contributed by atoms with van der Waals surface area (Å²) in [7, 11) is 1.61. The number of rotatable bonds is 3. The molecule has 0 amide bonds. The summed E-state index contributed by atoms with van der Waals surface area (Å²) >= 11 is 0. The molecule has 0 aliphatic carbocycles. The van der Waals surface area contributed by atoms with Crippen LogP contribution < -0.4 is 4.74 Å². The van der Waals surface area contributed by atoms with Gasteiger partial charge in [-0.25, -0.2) is 9.78 Å². The molecule has 0 atom stereocenters. The number of hydrogen-bond donors (Lipinski definition) is 2. The van der Waals surface area contributed by atoms with Gasteiger partial charge in [0.05, 0.1) is 23.7 Å². The number of ether oxygens (including phenoxy) is 1. The molecule has 0 unspecified atom stereocenters. The smallest absolute Gasteiger partial charge is 0.335 e. The third-order valence-electron chi connectivity index (χ3n) is 3.07. The van der Waals surface area contributed by atoms with Crippen molar-refractivity contribution in [3.63, 3.8) is 0 Å². The summed E-state index contributed by atoms with van der Waals surface area (Å²) in [6, 6.07) is 12.3. The van der Waals surface area contributed by atoms with E-state index in [1.54, 1.807) is 25.3 Å². The van der Waals surface area contributed by atoms with Crippen LogP contribution in [0.5, 0.6) is 5.75 Å². The van der Waals surface area contributed by atoms with E-state index in [0.717, 1.165) is 16.8 Å². The second-order valence-electron chi connectivity index (χ2n) is 4.35. The molecule has 0 bridgehead atoms. The van der Waals surface area contributed by atoms with E-state index in [1.807, 2.05) is 24.3 Å². The van der Waals surface area contributed by atoms with Gasteiger partial charge in [0.15, 0.2) is 0 Å². The zero-order valence-corrected chi connectivity index (χ0v) is 10.8.